The molecule has 3 aromatic rings. The van der Waals surface area contributed by atoms with Gasteiger partial charge in [0.2, 0.25) is 0 Å². The number of halogens is 1. The van der Waals surface area contributed by atoms with Gasteiger partial charge in [-0.1, -0.05) is 0 Å². The Bertz CT molecular complexity index is 728. The topological polar surface area (TPSA) is 48.5 Å². The van der Waals surface area contributed by atoms with Crippen molar-refractivity contribution in [3.05, 3.63) is 40.6 Å². The molecular weight excluding hydrogens is 306 g/mol. The van der Waals surface area contributed by atoms with Crippen LogP contribution in [-0.4, -0.2) is 24.3 Å². The Balaban J connectivity index is 1.89. The summed E-state index contributed by atoms with van der Waals surface area (Å²) in [5, 5.41) is 5.47. The van der Waals surface area contributed by atoms with Crippen LogP contribution in [0.4, 0.5) is 0 Å². The van der Waals surface area contributed by atoms with Crippen molar-refractivity contribution >= 4 is 27.0 Å². The van der Waals surface area contributed by atoms with Crippen LogP contribution in [0.3, 0.4) is 0 Å². The van der Waals surface area contributed by atoms with Crippen molar-refractivity contribution in [2.45, 2.75) is 19.9 Å². The van der Waals surface area contributed by atoms with Crippen LogP contribution < -0.4 is 0 Å². The second-order valence-electron chi connectivity index (χ2n) is 4.58. The van der Waals surface area contributed by atoms with Crippen molar-refractivity contribution in [3.8, 4) is 0 Å². The van der Waals surface area contributed by atoms with E-state index in [1.165, 1.54) is 5.69 Å². The van der Waals surface area contributed by atoms with Crippen LogP contribution in [0.5, 0.6) is 0 Å². The van der Waals surface area contributed by atoms with Crippen LogP contribution in [0.15, 0.2) is 29.3 Å². The predicted molar refractivity (Wildman–Crippen MR) is 76.9 cm³/mol. The summed E-state index contributed by atoms with van der Waals surface area (Å²) in [4.78, 5) is 8.71. The van der Waals surface area contributed by atoms with Gasteiger partial charge in [0.1, 0.15) is 0 Å². The first-order chi connectivity index (χ1) is 9.15. The van der Waals surface area contributed by atoms with Gasteiger partial charge in [0.25, 0.3) is 0 Å². The molecule has 0 bridgehead atoms. The molecule has 0 N–H and O–H groups in total. The molecule has 0 aliphatic rings. The number of rotatable bonds is 3. The van der Waals surface area contributed by atoms with E-state index in [1.807, 2.05) is 41.9 Å². The summed E-state index contributed by atoms with van der Waals surface area (Å²) < 4.78 is 4.99. The van der Waals surface area contributed by atoms with Gasteiger partial charge < -0.3 is 4.57 Å². The maximum absolute atomic E-state index is 4.59. The summed E-state index contributed by atoms with van der Waals surface area (Å²) in [6.07, 6.45) is 6.46. The highest BCUT2D eigenvalue weighted by molar-refractivity contribution is 9.10. The lowest BCUT2D eigenvalue weighted by molar-refractivity contribution is 0.611. The monoisotopic (exact) mass is 319 g/mol. The van der Waals surface area contributed by atoms with Gasteiger partial charge in [-0.2, -0.15) is 5.10 Å². The van der Waals surface area contributed by atoms with E-state index in [2.05, 4.69) is 37.1 Å². The number of imidazole rings is 1. The van der Waals surface area contributed by atoms with E-state index in [-0.39, 0.29) is 0 Å². The first-order valence-electron chi connectivity index (χ1n) is 6.09. The fraction of sp³-hybridized carbons (Fsp3) is 0.308. The van der Waals surface area contributed by atoms with Crippen molar-refractivity contribution in [1.29, 1.82) is 0 Å². The highest BCUT2D eigenvalue weighted by Gasteiger charge is 2.08. The van der Waals surface area contributed by atoms with Crippen LogP contribution in [-0.2, 0) is 20.0 Å². The van der Waals surface area contributed by atoms with Crippen LogP contribution in [0.1, 0.15) is 11.4 Å². The summed E-state index contributed by atoms with van der Waals surface area (Å²) in [5.41, 5.74) is 3.11. The number of fused-ring (bicyclic) bond motifs is 1. The van der Waals surface area contributed by atoms with Crippen LogP contribution >= 0.6 is 15.9 Å². The molecule has 6 heteroatoms. The zero-order chi connectivity index (χ0) is 13.4. The summed E-state index contributed by atoms with van der Waals surface area (Å²) in [5.74, 6) is 0. The lowest BCUT2D eigenvalue weighted by Crippen LogP contribution is -2.06. The number of hydrogen-bond donors (Lipinski definition) is 0. The molecule has 3 rings (SSSR count). The summed E-state index contributed by atoms with van der Waals surface area (Å²) in [6, 6.07) is 2.06. The summed E-state index contributed by atoms with van der Waals surface area (Å²) >= 11 is 3.49. The molecule has 0 atom stereocenters. The minimum atomic E-state index is 0.803. The highest BCUT2D eigenvalue weighted by atomic mass is 79.9. The van der Waals surface area contributed by atoms with E-state index in [4.69, 9.17) is 0 Å². The van der Waals surface area contributed by atoms with Crippen molar-refractivity contribution in [2.24, 2.45) is 7.05 Å². The van der Waals surface area contributed by atoms with Crippen molar-refractivity contribution in [1.82, 2.24) is 24.3 Å². The summed E-state index contributed by atoms with van der Waals surface area (Å²) in [6.45, 7) is 2.79. The van der Waals surface area contributed by atoms with E-state index < -0.39 is 0 Å². The average molecular weight is 320 g/mol. The Hall–Kier alpha value is -1.69. The Kier molecular flexibility index (Phi) is 3.10. The van der Waals surface area contributed by atoms with Crippen LogP contribution in [0.25, 0.3) is 11.0 Å². The van der Waals surface area contributed by atoms with Gasteiger partial charge >= 0.3 is 0 Å². The van der Waals surface area contributed by atoms with Crippen LogP contribution in [0.2, 0.25) is 0 Å². The second-order valence-corrected chi connectivity index (χ2v) is 5.44. The highest BCUT2D eigenvalue weighted by Crippen LogP contribution is 2.20. The average Bonchev–Trinajstić information content (AvgIpc) is 2.95. The quantitative estimate of drug-likeness (QED) is 0.745. The summed E-state index contributed by atoms with van der Waals surface area (Å²) in [7, 11) is 2.00. The fourth-order valence-electron chi connectivity index (χ4n) is 2.08. The number of nitrogens with zero attached hydrogens (tertiary/aromatic N) is 5. The van der Waals surface area contributed by atoms with E-state index in [1.54, 1.807) is 0 Å². The molecule has 0 aliphatic heterocycles. The van der Waals surface area contributed by atoms with Crippen molar-refractivity contribution in [3.63, 3.8) is 0 Å². The Morgan fingerprint density at radius 1 is 1.32 bits per heavy atom. The normalized spacial score (nSPS) is 11.3. The number of aromatic nitrogens is 5. The molecule has 3 aromatic heterocycles. The minimum Gasteiger partial charge on any atom is -0.338 e. The minimum absolute atomic E-state index is 0.803. The number of aryl methyl sites for hydroxylation is 4. The Morgan fingerprint density at radius 3 is 2.89 bits per heavy atom. The Morgan fingerprint density at radius 2 is 2.16 bits per heavy atom. The smallest absolute Gasteiger partial charge is 0.158 e. The molecule has 19 heavy (non-hydrogen) atoms. The lowest BCUT2D eigenvalue weighted by atomic mass is 10.3. The molecule has 5 nitrogen and oxygen atoms in total. The third kappa shape index (κ3) is 2.28. The molecule has 0 saturated carbocycles. The van der Waals surface area contributed by atoms with Gasteiger partial charge in [0.15, 0.2) is 5.65 Å². The van der Waals surface area contributed by atoms with Gasteiger partial charge in [-0.25, -0.2) is 14.6 Å². The predicted octanol–water partition coefficient (Wildman–Crippen LogP) is 2.48. The third-order valence-corrected chi connectivity index (χ3v) is 4.04. The molecular formula is C13H14BrN5. The molecule has 0 saturated heterocycles. The number of pyridine rings is 1. The Labute approximate surface area is 119 Å². The molecule has 0 aromatic carbocycles. The standard InChI is InChI=1S/C13H14BrN5/c1-9-12(14)5-10-6-16-19(13(10)17-9)4-3-11-7-15-8-18(11)2/h5-8H,3-4H2,1-2H3. The second kappa shape index (κ2) is 4.77. The van der Waals surface area contributed by atoms with Gasteiger partial charge in [0.05, 0.1) is 18.2 Å². The number of hydrogen-bond acceptors (Lipinski definition) is 3. The molecule has 0 spiro atoms. The van der Waals surface area contributed by atoms with E-state index in [9.17, 15) is 0 Å². The fourth-order valence-corrected chi connectivity index (χ4v) is 2.42. The molecule has 98 valence electrons. The third-order valence-electron chi connectivity index (χ3n) is 3.24. The van der Waals surface area contributed by atoms with E-state index >= 15 is 0 Å². The van der Waals surface area contributed by atoms with Gasteiger partial charge in [-0.05, 0) is 28.9 Å². The molecule has 0 radical (unpaired) electrons. The maximum Gasteiger partial charge on any atom is 0.158 e. The maximum atomic E-state index is 4.59. The first-order valence-corrected chi connectivity index (χ1v) is 6.88. The van der Waals surface area contributed by atoms with Crippen molar-refractivity contribution < 1.29 is 0 Å². The molecule has 0 amide bonds. The molecule has 0 unspecified atom stereocenters. The van der Waals surface area contributed by atoms with E-state index in [0.717, 1.165) is 34.2 Å². The largest absolute Gasteiger partial charge is 0.338 e. The molecule has 0 fully saturated rings. The molecule has 0 aliphatic carbocycles. The van der Waals surface area contributed by atoms with Gasteiger partial charge in [0, 0.05) is 41.8 Å². The zero-order valence-electron chi connectivity index (χ0n) is 10.8. The first kappa shape index (κ1) is 12.3. The molecule has 3 heterocycles. The SMILES string of the molecule is Cc1nc2c(cnn2CCc2cncn2C)cc1Br. The van der Waals surface area contributed by atoms with Crippen molar-refractivity contribution in [2.75, 3.05) is 0 Å². The van der Waals surface area contributed by atoms with E-state index in [0.29, 0.717) is 0 Å². The zero-order valence-corrected chi connectivity index (χ0v) is 12.4. The lowest BCUT2D eigenvalue weighted by Gasteiger charge is -2.05. The van der Waals surface area contributed by atoms with Gasteiger partial charge in [-0.15, -0.1) is 0 Å². The van der Waals surface area contributed by atoms with Crippen LogP contribution in [0, 0.1) is 6.92 Å². The van der Waals surface area contributed by atoms with Gasteiger partial charge in [-0.3, -0.25) is 0 Å².